The fourth-order valence-electron chi connectivity index (χ4n) is 2.84. The topological polar surface area (TPSA) is 56.6 Å². The minimum absolute atomic E-state index is 0.0219. The van der Waals surface area contributed by atoms with Crippen molar-refractivity contribution in [2.24, 2.45) is 0 Å². The largest absolute Gasteiger partial charge is 0.496 e. The van der Waals surface area contributed by atoms with Crippen LogP contribution in [0.2, 0.25) is 0 Å². The van der Waals surface area contributed by atoms with Crippen molar-refractivity contribution in [1.29, 1.82) is 0 Å². The predicted octanol–water partition coefficient (Wildman–Crippen LogP) is 2.65. The molecule has 0 bridgehead atoms. The highest BCUT2D eigenvalue weighted by molar-refractivity contribution is 5.76. The van der Waals surface area contributed by atoms with E-state index in [1.54, 1.807) is 20.4 Å². The number of ether oxygens (including phenoxy) is 2. The summed E-state index contributed by atoms with van der Waals surface area (Å²) in [5, 5.41) is 0. The molecule has 0 N–H and O–H groups in total. The second kappa shape index (κ2) is 9.22. The Morgan fingerprint density at radius 2 is 2.08 bits per heavy atom. The molecule has 0 saturated carbocycles. The maximum atomic E-state index is 12.9. The van der Waals surface area contributed by atoms with Gasteiger partial charge in [0.15, 0.2) is 0 Å². The SMILES string of the molecule is COCC(C)N(Cc1ccccc1OC)C(=O)CCn1ccnc1C. The summed E-state index contributed by atoms with van der Waals surface area (Å²) in [4.78, 5) is 18.9. The number of hydrogen-bond acceptors (Lipinski definition) is 4. The number of carbonyl (C=O) groups excluding carboxylic acids is 1. The van der Waals surface area contributed by atoms with E-state index in [4.69, 9.17) is 9.47 Å². The van der Waals surface area contributed by atoms with E-state index in [-0.39, 0.29) is 11.9 Å². The second-order valence-corrected chi connectivity index (χ2v) is 6.06. The van der Waals surface area contributed by atoms with E-state index in [9.17, 15) is 4.79 Å². The molecule has 1 aromatic carbocycles. The predicted molar refractivity (Wildman–Crippen MR) is 96.5 cm³/mol. The van der Waals surface area contributed by atoms with Gasteiger partial charge in [-0.25, -0.2) is 4.98 Å². The average molecular weight is 345 g/mol. The molecule has 2 rings (SSSR count). The Kier molecular flexibility index (Phi) is 7.01. The quantitative estimate of drug-likeness (QED) is 0.701. The summed E-state index contributed by atoms with van der Waals surface area (Å²) in [6.45, 7) is 5.54. The molecule has 0 saturated heterocycles. The summed E-state index contributed by atoms with van der Waals surface area (Å²) >= 11 is 0. The lowest BCUT2D eigenvalue weighted by atomic mass is 10.1. The molecule has 6 heteroatoms. The third-order valence-corrected chi connectivity index (χ3v) is 4.28. The van der Waals surface area contributed by atoms with Gasteiger partial charge in [-0.1, -0.05) is 18.2 Å². The molecule has 1 aromatic heterocycles. The zero-order valence-corrected chi connectivity index (χ0v) is 15.4. The van der Waals surface area contributed by atoms with Crippen LogP contribution in [-0.2, 0) is 22.6 Å². The van der Waals surface area contributed by atoms with E-state index in [1.165, 1.54) is 0 Å². The van der Waals surface area contributed by atoms with Gasteiger partial charge in [-0.15, -0.1) is 0 Å². The average Bonchev–Trinajstić information content (AvgIpc) is 3.03. The summed E-state index contributed by atoms with van der Waals surface area (Å²) in [5.41, 5.74) is 0.986. The van der Waals surface area contributed by atoms with Gasteiger partial charge >= 0.3 is 0 Å². The Hall–Kier alpha value is -2.34. The van der Waals surface area contributed by atoms with Gasteiger partial charge in [0.2, 0.25) is 5.91 Å². The van der Waals surface area contributed by atoms with Gasteiger partial charge < -0.3 is 18.9 Å². The van der Waals surface area contributed by atoms with Crippen molar-refractivity contribution in [3.8, 4) is 5.75 Å². The number of benzene rings is 1. The zero-order chi connectivity index (χ0) is 18.2. The molecule has 0 aliphatic rings. The van der Waals surface area contributed by atoms with E-state index in [1.807, 2.05) is 53.8 Å². The van der Waals surface area contributed by atoms with Crippen molar-refractivity contribution in [3.05, 3.63) is 48.0 Å². The van der Waals surface area contributed by atoms with Crippen molar-refractivity contribution in [3.63, 3.8) is 0 Å². The molecule has 1 unspecified atom stereocenters. The molecule has 0 aliphatic heterocycles. The van der Waals surface area contributed by atoms with Gasteiger partial charge in [0, 0.05) is 44.6 Å². The molecule has 1 amide bonds. The molecule has 1 heterocycles. The first-order valence-corrected chi connectivity index (χ1v) is 8.44. The van der Waals surface area contributed by atoms with Gasteiger partial charge in [-0.2, -0.15) is 0 Å². The van der Waals surface area contributed by atoms with Gasteiger partial charge in [0.25, 0.3) is 0 Å². The molecule has 1 atom stereocenters. The van der Waals surface area contributed by atoms with Crippen molar-refractivity contribution in [2.45, 2.75) is 39.4 Å². The standard InChI is InChI=1S/C19H27N3O3/c1-15(14-24-3)22(13-17-7-5-6-8-18(17)25-4)19(23)9-11-21-12-10-20-16(21)2/h5-8,10,12,15H,9,11,13-14H2,1-4H3. The summed E-state index contributed by atoms with van der Waals surface area (Å²) in [6.07, 6.45) is 4.06. The molecule has 0 fully saturated rings. The van der Waals surface area contributed by atoms with Gasteiger partial charge in [-0.3, -0.25) is 4.79 Å². The number of aryl methyl sites for hydroxylation is 2. The first kappa shape index (κ1) is 19.0. The van der Waals surface area contributed by atoms with Crippen LogP contribution in [0, 0.1) is 6.92 Å². The molecule has 136 valence electrons. The molecule has 25 heavy (non-hydrogen) atoms. The Balaban J connectivity index is 2.11. The monoisotopic (exact) mass is 345 g/mol. The smallest absolute Gasteiger partial charge is 0.224 e. The van der Waals surface area contributed by atoms with Crippen molar-refractivity contribution in [1.82, 2.24) is 14.5 Å². The van der Waals surface area contributed by atoms with Crippen molar-refractivity contribution in [2.75, 3.05) is 20.8 Å². The van der Waals surface area contributed by atoms with Crippen LogP contribution in [0.3, 0.4) is 0 Å². The highest BCUT2D eigenvalue weighted by atomic mass is 16.5. The Morgan fingerprint density at radius 3 is 2.72 bits per heavy atom. The van der Waals surface area contributed by atoms with Gasteiger partial charge in [-0.05, 0) is 19.9 Å². The first-order valence-electron chi connectivity index (χ1n) is 8.44. The molecular formula is C19H27N3O3. The van der Waals surface area contributed by atoms with Crippen LogP contribution in [0.4, 0.5) is 0 Å². The first-order chi connectivity index (χ1) is 12.1. The number of rotatable bonds is 9. The van der Waals surface area contributed by atoms with Crippen molar-refractivity contribution < 1.29 is 14.3 Å². The second-order valence-electron chi connectivity index (χ2n) is 6.06. The minimum atomic E-state index is -0.0219. The lowest BCUT2D eigenvalue weighted by Gasteiger charge is -2.29. The maximum absolute atomic E-state index is 12.9. The zero-order valence-electron chi connectivity index (χ0n) is 15.4. The maximum Gasteiger partial charge on any atom is 0.224 e. The number of methoxy groups -OCH3 is 2. The third kappa shape index (κ3) is 5.06. The van der Waals surface area contributed by atoms with Crippen LogP contribution in [0.15, 0.2) is 36.7 Å². The number of hydrogen-bond donors (Lipinski definition) is 0. The highest BCUT2D eigenvalue weighted by Crippen LogP contribution is 2.21. The lowest BCUT2D eigenvalue weighted by Crippen LogP contribution is -2.41. The Bertz CT molecular complexity index is 684. The normalized spacial score (nSPS) is 12.0. The van der Waals surface area contributed by atoms with E-state index < -0.39 is 0 Å². The van der Waals surface area contributed by atoms with E-state index in [2.05, 4.69) is 4.98 Å². The number of nitrogens with zero attached hydrogens (tertiary/aromatic N) is 3. The van der Waals surface area contributed by atoms with Crippen LogP contribution in [0.1, 0.15) is 24.7 Å². The summed E-state index contributed by atoms with van der Waals surface area (Å²) in [6, 6.07) is 7.75. The van der Waals surface area contributed by atoms with E-state index in [0.717, 1.165) is 17.1 Å². The lowest BCUT2D eigenvalue weighted by molar-refractivity contribution is -0.135. The molecule has 0 spiro atoms. The number of para-hydroxylation sites is 1. The van der Waals surface area contributed by atoms with E-state index >= 15 is 0 Å². The van der Waals surface area contributed by atoms with Crippen LogP contribution in [0.5, 0.6) is 5.75 Å². The third-order valence-electron chi connectivity index (χ3n) is 4.28. The highest BCUT2D eigenvalue weighted by Gasteiger charge is 2.21. The van der Waals surface area contributed by atoms with Crippen LogP contribution in [0.25, 0.3) is 0 Å². The van der Waals surface area contributed by atoms with Gasteiger partial charge in [0.05, 0.1) is 19.8 Å². The fourth-order valence-corrected chi connectivity index (χ4v) is 2.84. The molecular weight excluding hydrogens is 318 g/mol. The van der Waals surface area contributed by atoms with E-state index in [0.29, 0.717) is 26.1 Å². The minimum Gasteiger partial charge on any atom is -0.496 e. The summed E-state index contributed by atoms with van der Waals surface area (Å²) in [5.74, 6) is 1.79. The van der Waals surface area contributed by atoms with Crippen LogP contribution in [-0.4, -0.2) is 47.2 Å². The number of amides is 1. The van der Waals surface area contributed by atoms with Crippen molar-refractivity contribution >= 4 is 5.91 Å². The number of carbonyl (C=O) groups is 1. The Labute approximate surface area is 149 Å². The van der Waals surface area contributed by atoms with Crippen LogP contribution < -0.4 is 4.74 Å². The van der Waals surface area contributed by atoms with Gasteiger partial charge in [0.1, 0.15) is 11.6 Å². The number of imidazole rings is 1. The molecule has 6 nitrogen and oxygen atoms in total. The molecule has 0 aliphatic carbocycles. The molecule has 0 radical (unpaired) electrons. The van der Waals surface area contributed by atoms with Crippen LogP contribution >= 0.6 is 0 Å². The molecule has 2 aromatic rings. The fraction of sp³-hybridized carbons (Fsp3) is 0.474. The number of aromatic nitrogens is 2. The summed E-state index contributed by atoms with van der Waals surface area (Å²) < 4.78 is 12.7. The Morgan fingerprint density at radius 1 is 1.32 bits per heavy atom. The summed E-state index contributed by atoms with van der Waals surface area (Å²) in [7, 11) is 3.29.